The molecule has 0 saturated carbocycles. The predicted octanol–water partition coefficient (Wildman–Crippen LogP) is 3.02. The molecular formula is C12H14N2S2. The van der Waals surface area contributed by atoms with Gasteiger partial charge in [-0.2, -0.15) is 0 Å². The van der Waals surface area contributed by atoms with Crippen LogP contribution in [0.25, 0.3) is 10.6 Å². The molecule has 0 bridgehead atoms. The summed E-state index contributed by atoms with van der Waals surface area (Å²) in [6.45, 7) is 2.34. The molecule has 0 radical (unpaired) electrons. The van der Waals surface area contributed by atoms with Gasteiger partial charge in [0.1, 0.15) is 0 Å². The van der Waals surface area contributed by atoms with Crippen molar-refractivity contribution in [3.8, 4) is 10.6 Å². The van der Waals surface area contributed by atoms with Crippen LogP contribution < -0.4 is 5.32 Å². The van der Waals surface area contributed by atoms with E-state index in [1.807, 2.05) is 0 Å². The zero-order valence-electron chi connectivity index (χ0n) is 8.98. The zero-order chi connectivity index (χ0) is 10.8. The lowest BCUT2D eigenvalue weighted by Crippen LogP contribution is -2.10. The van der Waals surface area contributed by atoms with E-state index in [4.69, 9.17) is 4.98 Å². The highest BCUT2D eigenvalue weighted by Crippen LogP contribution is 2.27. The van der Waals surface area contributed by atoms with Gasteiger partial charge in [0.05, 0.1) is 15.6 Å². The number of thiazole rings is 1. The summed E-state index contributed by atoms with van der Waals surface area (Å²) < 4.78 is 0. The second kappa shape index (κ2) is 4.65. The molecule has 2 nitrogen and oxygen atoms in total. The van der Waals surface area contributed by atoms with Gasteiger partial charge in [-0.1, -0.05) is 6.07 Å². The van der Waals surface area contributed by atoms with Crippen molar-refractivity contribution in [1.29, 1.82) is 0 Å². The summed E-state index contributed by atoms with van der Waals surface area (Å²) in [5, 5.41) is 8.99. The van der Waals surface area contributed by atoms with Crippen LogP contribution in [0.5, 0.6) is 0 Å². The van der Waals surface area contributed by atoms with Crippen LogP contribution in [0.15, 0.2) is 22.9 Å². The van der Waals surface area contributed by atoms with Crippen LogP contribution in [0.4, 0.5) is 0 Å². The summed E-state index contributed by atoms with van der Waals surface area (Å²) in [5.74, 6) is 0.794. The largest absolute Gasteiger partial charge is 0.316 e. The number of hydrogen-bond acceptors (Lipinski definition) is 4. The van der Waals surface area contributed by atoms with Gasteiger partial charge in [-0.3, -0.25) is 0 Å². The SMILES string of the molecule is c1csc(-c2csc(CC3CCNC3)n2)c1. The molecule has 3 rings (SSSR count). The van der Waals surface area contributed by atoms with Gasteiger partial charge in [0.15, 0.2) is 0 Å². The minimum atomic E-state index is 0.794. The molecule has 1 fully saturated rings. The van der Waals surface area contributed by atoms with Crippen molar-refractivity contribution in [3.05, 3.63) is 27.9 Å². The first-order valence-corrected chi connectivity index (χ1v) is 7.37. The number of rotatable bonds is 3. The molecule has 1 aliphatic heterocycles. The van der Waals surface area contributed by atoms with Gasteiger partial charge in [-0.05, 0) is 36.9 Å². The lowest BCUT2D eigenvalue weighted by atomic mass is 10.1. The molecule has 1 saturated heterocycles. The van der Waals surface area contributed by atoms with Gasteiger partial charge in [-0.25, -0.2) is 4.98 Å². The van der Waals surface area contributed by atoms with Crippen molar-refractivity contribution in [3.63, 3.8) is 0 Å². The van der Waals surface area contributed by atoms with Crippen LogP contribution >= 0.6 is 22.7 Å². The summed E-state index contributed by atoms with van der Waals surface area (Å²) in [5.41, 5.74) is 1.15. The highest BCUT2D eigenvalue weighted by molar-refractivity contribution is 7.14. The molecule has 0 amide bonds. The van der Waals surface area contributed by atoms with E-state index in [2.05, 4.69) is 28.2 Å². The Kier molecular flexibility index (Phi) is 3.04. The van der Waals surface area contributed by atoms with Crippen LogP contribution in [0.2, 0.25) is 0 Å². The normalized spacial score (nSPS) is 20.4. The fourth-order valence-electron chi connectivity index (χ4n) is 2.08. The molecule has 1 atom stereocenters. The number of nitrogens with one attached hydrogen (secondary N) is 1. The third kappa shape index (κ3) is 2.19. The van der Waals surface area contributed by atoms with Gasteiger partial charge < -0.3 is 5.32 Å². The highest BCUT2D eigenvalue weighted by Gasteiger charge is 2.16. The number of aromatic nitrogens is 1. The average molecular weight is 250 g/mol. The third-order valence-corrected chi connectivity index (χ3v) is 4.71. The highest BCUT2D eigenvalue weighted by atomic mass is 32.1. The molecule has 2 aromatic rings. The van der Waals surface area contributed by atoms with E-state index >= 15 is 0 Å². The molecule has 1 unspecified atom stereocenters. The van der Waals surface area contributed by atoms with Crippen LogP contribution in [0.1, 0.15) is 11.4 Å². The summed E-state index contributed by atoms with van der Waals surface area (Å²) >= 11 is 3.57. The third-order valence-electron chi connectivity index (χ3n) is 2.95. The van der Waals surface area contributed by atoms with E-state index in [1.54, 1.807) is 22.7 Å². The second-order valence-electron chi connectivity index (χ2n) is 4.17. The fraction of sp³-hybridized carbons (Fsp3) is 0.417. The number of nitrogens with zero attached hydrogens (tertiary/aromatic N) is 1. The summed E-state index contributed by atoms with van der Waals surface area (Å²) in [6, 6.07) is 4.22. The average Bonchev–Trinajstić information content (AvgIpc) is 2.99. The van der Waals surface area contributed by atoms with Crippen LogP contribution in [-0.4, -0.2) is 18.1 Å². The molecule has 0 aliphatic carbocycles. The Labute approximate surface area is 103 Å². The second-order valence-corrected chi connectivity index (χ2v) is 6.06. The van der Waals surface area contributed by atoms with E-state index < -0.39 is 0 Å². The molecule has 1 N–H and O–H groups in total. The van der Waals surface area contributed by atoms with E-state index in [0.29, 0.717) is 0 Å². The predicted molar refractivity (Wildman–Crippen MR) is 70.1 cm³/mol. The Morgan fingerprint density at radius 1 is 1.44 bits per heavy atom. The Morgan fingerprint density at radius 2 is 2.44 bits per heavy atom. The van der Waals surface area contributed by atoms with Gasteiger partial charge >= 0.3 is 0 Å². The molecular weight excluding hydrogens is 236 g/mol. The molecule has 16 heavy (non-hydrogen) atoms. The molecule has 84 valence electrons. The monoisotopic (exact) mass is 250 g/mol. The molecule has 0 spiro atoms. The van der Waals surface area contributed by atoms with E-state index in [0.717, 1.165) is 24.6 Å². The molecule has 4 heteroatoms. The van der Waals surface area contributed by atoms with Crippen LogP contribution in [-0.2, 0) is 6.42 Å². The summed E-state index contributed by atoms with van der Waals surface area (Å²) in [7, 11) is 0. The Bertz CT molecular complexity index is 441. The van der Waals surface area contributed by atoms with Crippen molar-refractivity contribution >= 4 is 22.7 Å². The van der Waals surface area contributed by atoms with Gasteiger partial charge in [0.25, 0.3) is 0 Å². The first kappa shape index (κ1) is 10.4. The molecule has 2 aromatic heterocycles. The van der Waals surface area contributed by atoms with E-state index in [-0.39, 0.29) is 0 Å². The van der Waals surface area contributed by atoms with Gasteiger partial charge in [0, 0.05) is 11.8 Å². The Morgan fingerprint density at radius 3 is 3.19 bits per heavy atom. The smallest absolute Gasteiger partial charge is 0.0936 e. The minimum Gasteiger partial charge on any atom is -0.316 e. The Balaban J connectivity index is 1.72. The van der Waals surface area contributed by atoms with Crippen LogP contribution in [0.3, 0.4) is 0 Å². The quantitative estimate of drug-likeness (QED) is 0.905. The van der Waals surface area contributed by atoms with Crippen molar-refractivity contribution in [2.75, 3.05) is 13.1 Å². The van der Waals surface area contributed by atoms with Crippen LogP contribution in [0, 0.1) is 5.92 Å². The standard InChI is InChI=1S/C12H14N2S2/c1-2-11(15-5-1)10-8-16-12(14-10)6-9-3-4-13-7-9/h1-2,5,8-9,13H,3-4,6-7H2. The van der Waals surface area contributed by atoms with E-state index in [9.17, 15) is 0 Å². The number of hydrogen-bond donors (Lipinski definition) is 1. The van der Waals surface area contributed by atoms with Gasteiger partial charge in [0.2, 0.25) is 0 Å². The lowest BCUT2D eigenvalue weighted by Gasteiger charge is -2.03. The molecule has 3 heterocycles. The van der Waals surface area contributed by atoms with Crippen molar-refractivity contribution in [2.45, 2.75) is 12.8 Å². The number of thiophene rings is 1. The lowest BCUT2D eigenvalue weighted by molar-refractivity contribution is 0.578. The van der Waals surface area contributed by atoms with E-state index in [1.165, 1.54) is 22.9 Å². The first-order chi connectivity index (χ1) is 7.92. The fourth-order valence-corrected chi connectivity index (χ4v) is 3.75. The topological polar surface area (TPSA) is 24.9 Å². The molecule has 0 aromatic carbocycles. The van der Waals surface area contributed by atoms with Crippen molar-refractivity contribution in [2.24, 2.45) is 5.92 Å². The maximum absolute atomic E-state index is 4.72. The maximum atomic E-state index is 4.72. The maximum Gasteiger partial charge on any atom is 0.0936 e. The van der Waals surface area contributed by atoms with Gasteiger partial charge in [-0.15, -0.1) is 22.7 Å². The first-order valence-electron chi connectivity index (χ1n) is 5.61. The Hall–Kier alpha value is -0.710. The molecule has 1 aliphatic rings. The summed E-state index contributed by atoms with van der Waals surface area (Å²) in [6.07, 6.45) is 2.44. The van der Waals surface area contributed by atoms with Crippen molar-refractivity contribution < 1.29 is 0 Å². The zero-order valence-corrected chi connectivity index (χ0v) is 10.6. The summed E-state index contributed by atoms with van der Waals surface area (Å²) in [4.78, 5) is 6.00. The minimum absolute atomic E-state index is 0.794. The van der Waals surface area contributed by atoms with Crippen molar-refractivity contribution in [1.82, 2.24) is 10.3 Å².